The molecule has 7 heteroatoms. The quantitative estimate of drug-likeness (QED) is 0.803. The van der Waals surface area contributed by atoms with Gasteiger partial charge >= 0.3 is 0 Å². The summed E-state index contributed by atoms with van der Waals surface area (Å²) in [5.41, 5.74) is 5.83. The summed E-state index contributed by atoms with van der Waals surface area (Å²) in [5.74, 6) is 0.595. The van der Waals surface area contributed by atoms with Gasteiger partial charge in [0.1, 0.15) is 5.00 Å². The Balaban J connectivity index is 2.20. The summed E-state index contributed by atoms with van der Waals surface area (Å²) >= 11 is 3.03. The zero-order valence-electron chi connectivity index (χ0n) is 9.92. The summed E-state index contributed by atoms with van der Waals surface area (Å²) in [6.45, 7) is 3.56. The highest BCUT2D eigenvalue weighted by atomic mass is 32.2. The van der Waals surface area contributed by atoms with Gasteiger partial charge in [-0.15, -0.1) is 11.8 Å². The Morgan fingerprint density at radius 2 is 2.41 bits per heavy atom. The Bertz CT molecular complexity index is 386. The van der Waals surface area contributed by atoms with Gasteiger partial charge in [-0.1, -0.05) is 0 Å². The van der Waals surface area contributed by atoms with E-state index in [2.05, 4.69) is 9.27 Å². The Morgan fingerprint density at radius 3 is 3.06 bits per heavy atom. The molecule has 5 nitrogen and oxygen atoms in total. The number of aromatic nitrogens is 1. The molecule has 1 saturated heterocycles. The van der Waals surface area contributed by atoms with Gasteiger partial charge in [0.25, 0.3) is 0 Å². The van der Waals surface area contributed by atoms with Crippen LogP contribution in [0.1, 0.15) is 6.92 Å². The molecule has 0 radical (unpaired) electrons. The molecule has 0 aromatic carbocycles. The highest BCUT2D eigenvalue weighted by molar-refractivity contribution is 7.99. The second-order valence-corrected chi connectivity index (χ2v) is 5.63. The third-order valence-electron chi connectivity index (χ3n) is 2.68. The zero-order chi connectivity index (χ0) is 12.4. The highest BCUT2D eigenvalue weighted by Gasteiger charge is 2.28. The van der Waals surface area contributed by atoms with E-state index in [0.717, 1.165) is 16.4 Å². The molecule has 0 amide bonds. The Kier molecular flexibility index (Phi) is 4.13. The van der Waals surface area contributed by atoms with E-state index in [1.165, 1.54) is 11.5 Å². The minimum absolute atomic E-state index is 0.0454. The smallest absolute Gasteiger partial charge is 0.153 e. The minimum Gasteiger partial charge on any atom is -0.394 e. The van der Waals surface area contributed by atoms with Gasteiger partial charge in [0, 0.05) is 13.1 Å². The first-order valence-corrected chi connectivity index (χ1v) is 7.46. The Labute approximate surface area is 109 Å². The summed E-state index contributed by atoms with van der Waals surface area (Å²) in [6, 6.07) is 0. The van der Waals surface area contributed by atoms with Crippen molar-refractivity contribution in [3.8, 4) is 0 Å². The maximum atomic E-state index is 9.21. The standard InChI is InChI=1S/C10H17N3O2S2/c1-6-3-13(4-7(5-14)15-6)10-8(16-2)9(11)12-17-10/h6-7,14H,3-5H2,1-2H3,(H2,11,12). The van der Waals surface area contributed by atoms with Gasteiger partial charge in [0.15, 0.2) is 5.82 Å². The number of thioether (sulfide) groups is 1. The fraction of sp³-hybridized carbons (Fsp3) is 0.700. The number of nitrogens with zero attached hydrogens (tertiary/aromatic N) is 2. The van der Waals surface area contributed by atoms with Crippen molar-refractivity contribution in [1.82, 2.24) is 4.37 Å². The van der Waals surface area contributed by atoms with Gasteiger partial charge in [-0.05, 0) is 24.7 Å². The van der Waals surface area contributed by atoms with Crippen molar-refractivity contribution in [2.75, 3.05) is 36.6 Å². The molecule has 96 valence electrons. The van der Waals surface area contributed by atoms with Gasteiger partial charge < -0.3 is 20.5 Å². The average Bonchev–Trinajstić information content (AvgIpc) is 2.69. The van der Waals surface area contributed by atoms with E-state index < -0.39 is 0 Å². The predicted octanol–water partition coefficient (Wildman–Crippen LogP) is 1.03. The van der Waals surface area contributed by atoms with Crippen molar-refractivity contribution < 1.29 is 9.84 Å². The van der Waals surface area contributed by atoms with Crippen molar-refractivity contribution in [2.24, 2.45) is 0 Å². The van der Waals surface area contributed by atoms with E-state index in [4.69, 9.17) is 10.5 Å². The van der Waals surface area contributed by atoms with Crippen LogP contribution in [-0.2, 0) is 4.74 Å². The minimum atomic E-state index is -0.128. The first-order chi connectivity index (χ1) is 8.15. The normalized spacial score (nSPS) is 25.2. The van der Waals surface area contributed by atoms with Crippen LogP contribution in [0.4, 0.5) is 10.8 Å². The van der Waals surface area contributed by atoms with Gasteiger partial charge in [-0.3, -0.25) is 0 Å². The lowest BCUT2D eigenvalue weighted by Crippen LogP contribution is -2.48. The summed E-state index contributed by atoms with van der Waals surface area (Å²) in [7, 11) is 0. The van der Waals surface area contributed by atoms with Crippen LogP contribution in [0.3, 0.4) is 0 Å². The van der Waals surface area contributed by atoms with Crippen LogP contribution >= 0.6 is 23.3 Å². The molecule has 0 saturated carbocycles. The summed E-state index contributed by atoms with van der Waals surface area (Å²) in [6.07, 6.45) is 1.98. The van der Waals surface area contributed by atoms with Crippen LogP contribution in [-0.4, -0.2) is 47.6 Å². The van der Waals surface area contributed by atoms with Crippen LogP contribution in [0.25, 0.3) is 0 Å². The molecule has 1 aliphatic heterocycles. The third kappa shape index (κ3) is 2.67. The Hall–Kier alpha value is -0.500. The number of morpholine rings is 1. The molecule has 3 N–H and O–H groups in total. The average molecular weight is 275 g/mol. The number of aliphatic hydroxyl groups excluding tert-OH is 1. The van der Waals surface area contributed by atoms with E-state index in [9.17, 15) is 5.11 Å². The maximum absolute atomic E-state index is 9.21. The molecule has 1 aromatic rings. The molecule has 1 aliphatic rings. The molecular formula is C10H17N3O2S2. The molecule has 17 heavy (non-hydrogen) atoms. The van der Waals surface area contributed by atoms with Crippen molar-refractivity contribution in [1.29, 1.82) is 0 Å². The lowest BCUT2D eigenvalue weighted by Gasteiger charge is -2.36. The number of anilines is 2. The largest absolute Gasteiger partial charge is 0.394 e. The van der Waals surface area contributed by atoms with E-state index in [1.807, 2.05) is 13.2 Å². The fourth-order valence-electron chi connectivity index (χ4n) is 1.99. The number of nitrogens with two attached hydrogens (primary N) is 1. The predicted molar refractivity (Wildman–Crippen MR) is 71.9 cm³/mol. The van der Waals surface area contributed by atoms with Crippen LogP contribution in [0, 0.1) is 0 Å². The Morgan fingerprint density at radius 1 is 1.65 bits per heavy atom. The SMILES string of the molecule is CSc1c(N)nsc1N1CC(C)OC(CO)C1. The molecule has 1 fully saturated rings. The van der Waals surface area contributed by atoms with Crippen molar-refractivity contribution in [2.45, 2.75) is 24.0 Å². The first kappa shape index (κ1) is 12.9. The number of hydrogen-bond donors (Lipinski definition) is 2. The highest BCUT2D eigenvalue weighted by Crippen LogP contribution is 2.38. The van der Waals surface area contributed by atoms with Gasteiger partial charge in [-0.2, -0.15) is 4.37 Å². The fourth-order valence-corrected chi connectivity index (χ4v) is 3.70. The second kappa shape index (κ2) is 5.43. The molecule has 0 bridgehead atoms. The number of ether oxygens (including phenoxy) is 1. The molecule has 2 unspecified atom stereocenters. The molecule has 0 spiro atoms. The number of nitrogen functional groups attached to an aromatic ring is 1. The second-order valence-electron chi connectivity index (χ2n) is 4.06. The van der Waals surface area contributed by atoms with Gasteiger partial charge in [0.05, 0.1) is 23.7 Å². The zero-order valence-corrected chi connectivity index (χ0v) is 11.6. The van der Waals surface area contributed by atoms with Crippen LogP contribution in [0.2, 0.25) is 0 Å². The van der Waals surface area contributed by atoms with Gasteiger partial charge in [0.2, 0.25) is 0 Å². The van der Waals surface area contributed by atoms with E-state index in [-0.39, 0.29) is 18.8 Å². The molecule has 2 atom stereocenters. The van der Waals surface area contributed by atoms with E-state index >= 15 is 0 Å². The number of aliphatic hydroxyl groups is 1. The van der Waals surface area contributed by atoms with Crippen molar-refractivity contribution >= 4 is 34.1 Å². The van der Waals surface area contributed by atoms with E-state index in [0.29, 0.717) is 12.4 Å². The third-order valence-corrected chi connectivity index (χ3v) is 4.54. The van der Waals surface area contributed by atoms with Crippen LogP contribution < -0.4 is 10.6 Å². The van der Waals surface area contributed by atoms with Crippen molar-refractivity contribution in [3.63, 3.8) is 0 Å². The molecule has 2 heterocycles. The van der Waals surface area contributed by atoms with Crippen LogP contribution in [0.5, 0.6) is 0 Å². The number of rotatable bonds is 3. The summed E-state index contributed by atoms with van der Waals surface area (Å²) in [5, 5.41) is 10.3. The summed E-state index contributed by atoms with van der Waals surface area (Å²) in [4.78, 5) is 3.23. The van der Waals surface area contributed by atoms with Crippen molar-refractivity contribution in [3.05, 3.63) is 0 Å². The molecule has 1 aromatic heterocycles. The first-order valence-electron chi connectivity index (χ1n) is 5.46. The van der Waals surface area contributed by atoms with Crippen LogP contribution in [0.15, 0.2) is 4.90 Å². The van der Waals surface area contributed by atoms with Gasteiger partial charge in [-0.25, -0.2) is 0 Å². The molecule has 2 rings (SSSR count). The lowest BCUT2D eigenvalue weighted by atomic mass is 10.2. The van der Waals surface area contributed by atoms with E-state index in [1.54, 1.807) is 11.8 Å². The lowest BCUT2D eigenvalue weighted by molar-refractivity contribution is -0.0420. The molecular weight excluding hydrogens is 258 g/mol. The topological polar surface area (TPSA) is 71.6 Å². The summed E-state index contributed by atoms with van der Waals surface area (Å²) < 4.78 is 9.81. The monoisotopic (exact) mass is 275 g/mol. The number of hydrogen-bond acceptors (Lipinski definition) is 7. The molecule has 0 aliphatic carbocycles. The maximum Gasteiger partial charge on any atom is 0.153 e.